The molecule has 0 fully saturated rings. The molecule has 6 heteroatoms. The van der Waals surface area contributed by atoms with Gasteiger partial charge in [0, 0.05) is 5.56 Å². The van der Waals surface area contributed by atoms with Crippen LogP contribution in [-0.2, 0) is 4.74 Å². The molecule has 0 amide bonds. The maximum Gasteiger partial charge on any atom is 0.376 e. The summed E-state index contributed by atoms with van der Waals surface area (Å²) in [5.41, 5.74) is 2.66. The number of carbonyl (C=O) groups is 1. The van der Waals surface area contributed by atoms with Gasteiger partial charge in [-0.1, -0.05) is 30.3 Å². The van der Waals surface area contributed by atoms with E-state index in [-0.39, 0.29) is 12.4 Å². The summed E-state index contributed by atoms with van der Waals surface area (Å²) in [7, 11) is 0. The summed E-state index contributed by atoms with van der Waals surface area (Å²) < 4.78 is 10.1. The van der Waals surface area contributed by atoms with E-state index >= 15 is 0 Å². The second-order valence-electron chi connectivity index (χ2n) is 4.83. The molecule has 6 nitrogen and oxygen atoms in total. The number of benzene rings is 2. The summed E-state index contributed by atoms with van der Waals surface area (Å²) in [5, 5.41) is 8.33. The average molecular weight is 321 g/mol. The van der Waals surface area contributed by atoms with Crippen LogP contribution in [0.5, 0.6) is 0 Å². The lowest BCUT2D eigenvalue weighted by atomic mass is 10.1. The zero-order chi connectivity index (χ0) is 16.8. The molecule has 0 saturated heterocycles. The molecule has 0 bridgehead atoms. The van der Waals surface area contributed by atoms with Crippen LogP contribution in [0, 0.1) is 0 Å². The van der Waals surface area contributed by atoms with Crippen molar-refractivity contribution in [3.8, 4) is 11.3 Å². The van der Waals surface area contributed by atoms with Crippen LogP contribution in [0.2, 0.25) is 0 Å². The standard InChI is InChI=1S/C18H15N3O3/c1-2-23-18(22)17-16(19-12-24-17)13-8-10-15(11-9-13)21-20-14-6-4-3-5-7-14/h3-12H,2H2,1H3. The van der Waals surface area contributed by atoms with Crippen molar-refractivity contribution in [3.63, 3.8) is 0 Å². The van der Waals surface area contributed by atoms with E-state index in [1.807, 2.05) is 30.3 Å². The third-order valence-corrected chi connectivity index (χ3v) is 3.21. The first kappa shape index (κ1) is 15.6. The fraction of sp³-hybridized carbons (Fsp3) is 0.111. The van der Waals surface area contributed by atoms with E-state index in [2.05, 4.69) is 15.2 Å². The topological polar surface area (TPSA) is 77.0 Å². The number of ether oxygens (including phenoxy) is 1. The quantitative estimate of drug-likeness (QED) is 0.493. The Morgan fingerprint density at radius 1 is 1.04 bits per heavy atom. The summed E-state index contributed by atoms with van der Waals surface area (Å²) in [6.45, 7) is 2.01. The molecule has 1 heterocycles. The van der Waals surface area contributed by atoms with Gasteiger partial charge < -0.3 is 9.15 Å². The Morgan fingerprint density at radius 3 is 2.38 bits per heavy atom. The van der Waals surface area contributed by atoms with Crippen molar-refractivity contribution in [2.24, 2.45) is 10.2 Å². The van der Waals surface area contributed by atoms with Gasteiger partial charge in [-0.05, 0) is 31.2 Å². The van der Waals surface area contributed by atoms with Gasteiger partial charge in [0.15, 0.2) is 6.39 Å². The van der Waals surface area contributed by atoms with Gasteiger partial charge in [0.2, 0.25) is 5.76 Å². The number of hydrogen-bond donors (Lipinski definition) is 0. The van der Waals surface area contributed by atoms with Crippen LogP contribution >= 0.6 is 0 Å². The average Bonchev–Trinajstić information content (AvgIpc) is 3.11. The first-order valence-electron chi connectivity index (χ1n) is 7.45. The van der Waals surface area contributed by atoms with Crippen molar-refractivity contribution in [1.82, 2.24) is 4.98 Å². The minimum absolute atomic E-state index is 0.0931. The molecule has 1 aromatic heterocycles. The molecule has 3 aromatic rings. The summed E-state index contributed by atoms with van der Waals surface area (Å²) in [6, 6.07) is 16.7. The van der Waals surface area contributed by atoms with Gasteiger partial charge in [0.05, 0.1) is 18.0 Å². The molecule has 0 aliphatic heterocycles. The van der Waals surface area contributed by atoms with Crippen LogP contribution in [0.1, 0.15) is 17.5 Å². The molecular formula is C18H15N3O3. The van der Waals surface area contributed by atoms with E-state index in [0.717, 1.165) is 11.3 Å². The van der Waals surface area contributed by atoms with Gasteiger partial charge >= 0.3 is 5.97 Å². The molecule has 0 aliphatic rings. The van der Waals surface area contributed by atoms with Gasteiger partial charge in [-0.2, -0.15) is 10.2 Å². The lowest BCUT2D eigenvalue weighted by Crippen LogP contribution is -2.04. The highest BCUT2D eigenvalue weighted by atomic mass is 16.5. The molecule has 2 aromatic carbocycles. The van der Waals surface area contributed by atoms with Crippen LogP contribution in [0.25, 0.3) is 11.3 Å². The zero-order valence-corrected chi connectivity index (χ0v) is 13.0. The Kier molecular flexibility index (Phi) is 4.76. The fourth-order valence-corrected chi connectivity index (χ4v) is 2.09. The lowest BCUT2D eigenvalue weighted by Gasteiger charge is -2.01. The molecule has 0 saturated carbocycles. The first-order valence-corrected chi connectivity index (χ1v) is 7.45. The van der Waals surface area contributed by atoms with Crippen LogP contribution in [0.4, 0.5) is 11.4 Å². The molecule has 3 rings (SSSR count). The SMILES string of the molecule is CCOC(=O)c1ocnc1-c1ccc(N=Nc2ccccc2)cc1. The third kappa shape index (κ3) is 3.55. The van der Waals surface area contributed by atoms with Crippen molar-refractivity contribution in [2.45, 2.75) is 6.92 Å². The van der Waals surface area contributed by atoms with Crippen LogP contribution < -0.4 is 0 Å². The Balaban J connectivity index is 1.79. The van der Waals surface area contributed by atoms with Crippen LogP contribution in [0.3, 0.4) is 0 Å². The molecule has 0 atom stereocenters. The highest BCUT2D eigenvalue weighted by Gasteiger charge is 2.19. The second kappa shape index (κ2) is 7.32. The molecule has 0 spiro atoms. The minimum atomic E-state index is -0.530. The molecule has 120 valence electrons. The molecule has 0 aliphatic carbocycles. The fourth-order valence-electron chi connectivity index (χ4n) is 2.09. The number of nitrogens with zero attached hydrogens (tertiary/aromatic N) is 3. The van der Waals surface area contributed by atoms with Crippen molar-refractivity contribution < 1.29 is 13.9 Å². The number of esters is 1. The van der Waals surface area contributed by atoms with Gasteiger partial charge in [-0.25, -0.2) is 9.78 Å². The molecule has 0 unspecified atom stereocenters. The van der Waals surface area contributed by atoms with E-state index in [1.54, 1.807) is 31.2 Å². The molecule has 0 N–H and O–H groups in total. The Bertz CT molecular complexity index is 839. The summed E-state index contributed by atoms with van der Waals surface area (Å²) >= 11 is 0. The monoisotopic (exact) mass is 321 g/mol. The maximum atomic E-state index is 11.8. The van der Waals surface area contributed by atoms with Crippen molar-refractivity contribution >= 4 is 17.3 Å². The van der Waals surface area contributed by atoms with Gasteiger partial charge in [-0.15, -0.1) is 0 Å². The highest BCUT2D eigenvalue weighted by Crippen LogP contribution is 2.26. The molecular weight excluding hydrogens is 306 g/mol. The van der Waals surface area contributed by atoms with E-state index in [9.17, 15) is 4.79 Å². The normalized spacial score (nSPS) is 10.9. The van der Waals surface area contributed by atoms with Crippen molar-refractivity contribution in [2.75, 3.05) is 6.61 Å². The van der Waals surface area contributed by atoms with Gasteiger partial charge in [0.25, 0.3) is 0 Å². The summed E-state index contributed by atoms with van der Waals surface area (Å²) in [5.74, 6) is -0.437. The number of hydrogen-bond acceptors (Lipinski definition) is 6. The smallest absolute Gasteiger partial charge is 0.376 e. The summed E-state index contributed by atoms with van der Waals surface area (Å²) in [6.07, 6.45) is 1.23. The zero-order valence-electron chi connectivity index (χ0n) is 13.0. The molecule has 0 radical (unpaired) electrons. The number of aromatic nitrogens is 1. The van der Waals surface area contributed by atoms with E-state index in [1.165, 1.54) is 6.39 Å². The number of azo groups is 1. The predicted octanol–water partition coefficient (Wildman–Crippen LogP) is 4.93. The van der Waals surface area contributed by atoms with E-state index < -0.39 is 5.97 Å². The number of oxazole rings is 1. The second-order valence-corrected chi connectivity index (χ2v) is 4.83. The largest absolute Gasteiger partial charge is 0.460 e. The highest BCUT2D eigenvalue weighted by molar-refractivity contribution is 5.93. The van der Waals surface area contributed by atoms with E-state index in [0.29, 0.717) is 11.4 Å². The van der Waals surface area contributed by atoms with Crippen molar-refractivity contribution in [3.05, 3.63) is 66.8 Å². The lowest BCUT2D eigenvalue weighted by molar-refractivity contribution is 0.0491. The van der Waals surface area contributed by atoms with Crippen LogP contribution in [0.15, 0.2) is 75.6 Å². The van der Waals surface area contributed by atoms with Crippen LogP contribution in [-0.4, -0.2) is 17.6 Å². The molecule has 24 heavy (non-hydrogen) atoms. The van der Waals surface area contributed by atoms with Crippen molar-refractivity contribution in [1.29, 1.82) is 0 Å². The predicted molar refractivity (Wildman–Crippen MR) is 88.5 cm³/mol. The Hall–Kier alpha value is -3.28. The Morgan fingerprint density at radius 2 is 1.71 bits per heavy atom. The van der Waals surface area contributed by atoms with Gasteiger partial charge in [-0.3, -0.25) is 0 Å². The summed E-state index contributed by atoms with van der Waals surface area (Å²) in [4.78, 5) is 15.9. The minimum Gasteiger partial charge on any atom is -0.460 e. The Labute approximate surface area is 138 Å². The maximum absolute atomic E-state index is 11.8. The third-order valence-electron chi connectivity index (χ3n) is 3.21. The number of carbonyl (C=O) groups excluding carboxylic acids is 1. The van der Waals surface area contributed by atoms with E-state index in [4.69, 9.17) is 9.15 Å². The number of rotatable bonds is 5. The first-order chi connectivity index (χ1) is 11.8. The van der Waals surface area contributed by atoms with Gasteiger partial charge in [0.1, 0.15) is 5.69 Å².